The van der Waals surface area contributed by atoms with Gasteiger partial charge in [0.2, 0.25) is 5.91 Å². The van der Waals surface area contributed by atoms with Gasteiger partial charge in [0.15, 0.2) is 11.1 Å². The third kappa shape index (κ3) is 6.91. The van der Waals surface area contributed by atoms with Crippen LogP contribution in [0.15, 0.2) is 35.3 Å². The Balaban J connectivity index is 1.81. The molecule has 0 saturated carbocycles. The van der Waals surface area contributed by atoms with Gasteiger partial charge >= 0.3 is 6.09 Å². The molecule has 1 atom stereocenters. The number of allylic oxidation sites excluding steroid dienone is 3. The molecular weight excluding hydrogens is 466 g/mol. The molecule has 2 aliphatic rings. The van der Waals surface area contributed by atoms with Crippen LogP contribution in [0.5, 0.6) is 0 Å². The summed E-state index contributed by atoms with van der Waals surface area (Å²) in [4.78, 5) is 46.4. The quantitative estimate of drug-likeness (QED) is 0.628. The maximum Gasteiger partial charge on any atom is 0.413 e. The van der Waals surface area contributed by atoms with Crippen LogP contribution in [0.3, 0.4) is 0 Å². The Labute approximate surface area is 202 Å². The molecule has 3 rings (SSSR count). The van der Waals surface area contributed by atoms with E-state index in [1.807, 2.05) is 10.8 Å². The molecule has 1 aromatic rings. The Kier molecular flexibility index (Phi) is 7.97. The lowest BCUT2D eigenvalue weighted by Gasteiger charge is -2.39. The van der Waals surface area contributed by atoms with Crippen molar-refractivity contribution in [2.45, 2.75) is 39.3 Å². The number of hydrogen-bond acceptors (Lipinski definition) is 8. The molecule has 33 heavy (non-hydrogen) atoms. The molecule has 1 unspecified atom stereocenters. The second-order valence-corrected chi connectivity index (χ2v) is 10.3. The fraction of sp³-hybridized carbons (Fsp3) is 0.500. The van der Waals surface area contributed by atoms with Crippen molar-refractivity contribution in [1.29, 1.82) is 0 Å². The minimum absolute atomic E-state index is 0.0635. The molecule has 0 aromatic carbocycles. The van der Waals surface area contributed by atoms with Crippen LogP contribution in [0.2, 0.25) is 0 Å². The molecule has 0 radical (unpaired) electrons. The Morgan fingerprint density at radius 3 is 2.58 bits per heavy atom. The Bertz CT molecular complexity index is 1000. The summed E-state index contributed by atoms with van der Waals surface area (Å²) < 4.78 is 5.30. The Morgan fingerprint density at radius 2 is 1.97 bits per heavy atom. The highest BCUT2D eigenvalue weighted by molar-refractivity contribution is 7.15. The van der Waals surface area contributed by atoms with Crippen LogP contribution in [0.1, 0.15) is 38.6 Å². The number of nitrogens with zero attached hydrogens (tertiary/aromatic N) is 4. The monoisotopic (exact) mass is 493 g/mol. The van der Waals surface area contributed by atoms with Crippen LogP contribution in [0.4, 0.5) is 9.93 Å². The molecule has 0 spiro atoms. The number of hydrogen-bond donors (Lipinski definition) is 1. The van der Waals surface area contributed by atoms with E-state index in [-0.39, 0.29) is 11.9 Å². The molecule has 0 bridgehead atoms. The molecule has 9 nitrogen and oxygen atoms in total. The number of halogens is 1. The highest BCUT2D eigenvalue weighted by atomic mass is 35.5. The summed E-state index contributed by atoms with van der Waals surface area (Å²) in [7, 11) is 0. The fourth-order valence-corrected chi connectivity index (χ4v) is 4.59. The third-order valence-electron chi connectivity index (χ3n) is 5.09. The molecule has 2 aliphatic heterocycles. The van der Waals surface area contributed by atoms with E-state index in [0.717, 1.165) is 4.88 Å². The first kappa shape index (κ1) is 25.0. The van der Waals surface area contributed by atoms with Gasteiger partial charge in [-0.15, -0.1) is 0 Å². The maximum atomic E-state index is 12.1. The number of aromatic nitrogens is 1. The highest BCUT2D eigenvalue weighted by Crippen LogP contribution is 2.34. The first-order chi connectivity index (χ1) is 15.6. The van der Waals surface area contributed by atoms with Crippen molar-refractivity contribution in [1.82, 2.24) is 19.7 Å². The van der Waals surface area contributed by atoms with Crippen LogP contribution in [-0.4, -0.2) is 76.0 Å². The summed E-state index contributed by atoms with van der Waals surface area (Å²) in [6.45, 7) is 10.2. The molecule has 1 saturated heterocycles. The van der Waals surface area contributed by atoms with Crippen molar-refractivity contribution < 1.29 is 19.1 Å². The number of piperazine rings is 1. The predicted molar refractivity (Wildman–Crippen MR) is 128 cm³/mol. The van der Waals surface area contributed by atoms with Crippen molar-refractivity contribution in [3.05, 3.63) is 40.2 Å². The smallest absolute Gasteiger partial charge is 0.413 e. The van der Waals surface area contributed by atoms with Crippen LogP contribution in [-0.2, 0) is 14.3 Å². The number of carbonyl (C=O) groups is 2. The van der Waals surface area contributed by atoms with Gasteiger partial charge in [-0.3, -0.25) is 15.0 Å². The topological polar surface area (TPSA) is 95.1 Å². The van der Waals surface area contributed by atoms with Gasteiger partial charge in [-0.05, 0) is 32.9 Å². The highest BCUT2D eigenvalue weighted by Gasteiger charge is 2.29. The van der Waals surface area contributed by atoms with E-state index in [4.69, 9.17) is 16.3 Å². The zero-order chi connectivity index (χ0) is 24.2. The van der Waals surface area contributed by atoms with E-state index < -0.39 is 11.7 Å². The normalized spacial score (nSPS) is 18.0. The number of rotatable bonds is 5. The number of carbonyl (C=O) groups excluding carboxylic acids is 3. The summed E-state index contributed by atoms with van der Waals surface area (Å²) >= 11 is 7.54. The van der Waals surface area contributed by atoms with Gasteiger partial charge in [0.1, 0.15) is 11.3 Å². The van der Waals surface area contributed by atoms with Gasteiger partial charge in [0, 0.05) is 52.0 Å². The molecule has 0 aliphatic carbocycles. The summed E-state index contributed by atoms with van der Waals surface area (Å²) in [6.07, 6.45) is 6.05. The summed E-state index contributed by atoms with van der Waals surface area (Å²) in [5, 5.41) is 3.54. The molecule has 1 aromatic heterocycles. The van der Waals surface area contributed by atoms with E-state index >= 15 is 0 Å². The average molecular weight is 494 g/mol. The molecule has 178 valence electrons. The van der Waals surface area contributed by atoms with E-state index in [1.54, 1.807) is 57.1 Å². The molecule has 3 heterocycles. The lowest BCUT2D eigenvalue weighted by molar-refractivity contribution is -0.130. The molecular formula is C22H28ClN5O4S. The summed E-state index contributed by atoms with van der Waals surface area (Å²) in [5.74, 6) is 2.04. The molecule has 2 amide bonds. The second kappa shape index (κ2) is 10.5. The van der Waals surface area contributed by atoms with Crippen molar-refractivity contribution in [3.8, 4) is 0 Å². The lowest BCUT2D eigenvalue weighted by atomic mass is 10.1. The van der Waals surface area contributed by atoms with E-state index in [0.29, 0.717) is 48.6 Å². The van der Waals surface area contributed by atoms with Crippen molar-refractivity contribution in [3.63, 3.8) is 0 Å². The second-order valence-electron chi connectivity index (χ2n) is 8.76. The first-order valence-corrected chi connectivity index (χ1v) is 11.8. The standard InChI is InChI=1S/C22H28ClN5O4S/c1-15(30)27-9-7-26(8-10-27)13-18(28-12-16(23)5-6-17(28)14-29)19-11-24-20(33-19)25-21(31)32-22(2,3)4/h5-6,11-12,18H,7-10,13H2,1-4H3,(H,24,25,31). The van der Waals surface area contributed by atoms with Crippen LogP contribution >= 0.6 is 22.9 Å². The van der Waals surface area contributed by atoms with E-state index in [9.17, 15) is 14.4 Å². The lowest BCUT2D eigenvalue weighted by Crippen LogP contribution is -2.50. The molecule has 1 fully saturated rings. The number of ether oxygens (including phenoxy) is 1. The fourth-order valence-electron chi connectivity index (χ4n) is 3.53. The van der Waals surface area contributed by atoms with Gasteiger partial charge in [-0.2, -0.15) is 0 Å². The summed E-state index contributed by atoms with van der Waals surface area (Å²) in [5.41, 5.74) is -0.276. The van der Waals surface area contributed by atoms with Crippen LogP contribution < -0.4 is 5.32 Å². The largest absolute Gasteiger partial charge is 0.444 e. The zero-order valence-electron chi connectivity index (χ0n) is 19.1. The van der Waals surface area contributed by atoms with Crippen molar-refractivity contribution in [2.24, 2.45) is 0 Å². The van der Waals surface area contributed by atoms with Gasteiger partial charge in [-0.25, -0.2) is 14.6 Å². The van der Waals surface area contributed by atoms with E-state index in [2.05, 4.69) is 15.2 Å². The van der Waals surface area contributed by atoms with Gasteiger partial charge in [0.05, 0.1) is 16.0 Å². The average Bonchev–Trinajstić information content (AvgIpc) is 3.18. The minimum atomic E-state index is -0.625. The Morgan fingerprint density at radius 1 is 1.27 bits per heavy atom. The number of anilines is 1. The van der Waals surface area contributed by atoms with Crippen LogP contribution in [0, 0.1) is 0 Å². The van der Waals surface area contributed by atoms with Crippen molar-refractivity contribution >= 4 is 46.0 Å². The van der Waals surface area contributed by atoms with Gasteiger partial charge in [0.25, 0.3) is 0 Å². The Hall–Kier alpha value is -2.65. The number of thiazole rings is 1. The summed E-state index contributed by atoms with van der Waals surface area (Å²) in [6, 6.07) is -0.296. The minimum Gasteiger partial charge on any atom is -0.444 e. The molecule has 1 N–H and O–H groups in total. The van der Waals surface area contributed by atoms with Crippen molar-refractivity contribution in [2.75, 3.05) is 38.0 Å². The van der Waals surface area contributed by atoms with Gasteiger partial charge < -0.3 is 14.5 Å². The number of amides is 2. The SMILES string of the molecule is CC(=O)N1CCN(CC(c2cnc(NC(=O)OC(C)(C)C)s2)N2C=C(Cl)C=CC2=C=O)CC1. The number of nitrogens with one attached hydrogen (secondary N) is 1. The first-order valence-electron chi connectivity index (χ1n) is 10.6. The molecule has 11 heteroatoms. The third-order valence-corrected chi connectivity index (χ3v) is 6.33. The maximum absolute atomic E-state index is 12.1. The zero-order valence-corrected chi connectivity index (χ0v) is 20.7. The van der Waals surface area contributed by atoms with Crippen LogP contribution in [0.25, 0.3) is 0 Å². The van der Waals surface area contributed by atoms with E-state index in [1.165, 1.54) is 11.3 Å². The van der Waals surface area contributed by atoms with Gasteiger partial charge in [-0.1, -0.05) is 22.9 Å². The predicted octanol–water partition coefficient (Wildman–Crippen LogP) is 3.36.